The molecule has 1 aliphatic heterocycles. The van der Waals surface area contributed by atoms with Crippen molar-refractivity contribution in [3.05, 3.63) is 46.2 Å². The molecule has 1 aromatic rings. The zero-order chi connectivity index (χ0) is 9.26. The van der Waals surface area contributed by atoms with Gasteiger partial charge < -0.3 is 5.32 Å². The van der Waals surface area contributed by atoms with E-state index in [-0.39, 0.29) is 10.6 Å². The molecular formula is C9H8N2O2. The van der Waals surface area contributed by atoms with Gasteiger partial charge in [-0.25, -0.2) is 0 Å². The Labute approximate surface area is 75.0 Å². The molecule has 0 saturated carbocycles. The molecule has 0 atom stereocenters. The summed E-state index contributed by atoms with van der Waals surface area (Å²) in [5, 5.41) is 13.5. The van der Waals surface area contributed by atoms with E-state index in [9.17, 15) is 10.1 Å². The molecule has 1 aliphatic rings. The fourth-order valence-electron chi connectivity index (χ4n) is 1.34. The molecule has 1 aromatic carbocycles. The van der Waals surface area contributed by atoms with Crippen molar-refractivity contribution in [2.75, 3.05) is 5.32 Å². The molecular weight excluding hydrogens is 168 g/mol. The number of benzene rings is 1. The highest BCUT2D eigenvalue weighted by atomic mass is 16.6. The highest BCUT2D eigenvalue weighted by molar-refractivity contribution is 5.59. The van der Waals surface area contributed by atoms with Gasteiger partial charge in [0.05, 0.1) is 4.92 Å². The van der Waals surface area contributed by atoms with Crippen LogP contribution in [-0.2, 0) is 6.42 Å². The number of anilines is 1. The van der Waals surface area contributed by atoms with Gasteiger partial charge in [-0.05, 0) is 24.3 Å². The van der Waals surface area contributed by atoms with Gasteiger partial charge in [0.2, 0.25) is 0 Å². The van der Waals surface area contributed by atoms with Crippen LogP contribution in [-0.4, -0.2) is 4.92 Å². The average Bonchev–Trinajstić information content (AvgIpc) is 2.17. The highest BCUT2D eigenvalue weighted by Crippen LogP contribution is 2.24. The minimum atomic E-state index is -0.376. The van der Waals surface area contributed by atoms with Gasteiger partial charge in [0, 0.05) is 17.8 Å². The summed E-state index contributed by atoms with van der Waals surface area (Å²) in [7, 11) is 0. The number of nitro groups is 1. The largest absolute Gasteiger partial charge is 0.362 e. The van der Waals surface area contributed by atoms with Crippen molar-refractivity contribution in [1.82, 2.24) is 0 Å². The van der Waals surface area contributed by atoms with Crippen molar-refractivity contribution in [3.63, 3.8) is 0 Å². The predicted octanol–water partition coefficient (Wildman–Crippen LogP) is 2.08. The number of hydrogen-bond donors (Lipinski definition) is 1. The number of rotatable bonds is 1. The van der Waals surface area contributed by atoms with Crippen LogP contribution >= 0.6 is 0 Å². The van der Waals surface area contributed by atoms with Crippen molar-refractivity contribution in [2.24, 2.45) is 0 Å². The molecule has 0 fully saturated rings. The molecule has 4 nitrogen and oxygen atoms in total. The molecule has 4 heteroatoms. The lowest BCUT2D eigenvalue weighted by Gasteiger charge is -2.11. The van der Waals surface area contributed by atoms with E-state index in [2.05, 4.69) is 5.32 Å². The molecule has 66 valence electrons. The summed E-state index contributed by atoms with van der Waals surface area (Å²) >= 11 is 0. The van der Waals surface area contributed by atoms with Gasteiger partial charge in [-0.3, -0.25) is 10.1 Å². The van der Waals surface area contributed by atoms with Gasteiger partial charge in [0.1, 0.15) is 0 Å². The number of hydrogen-bond acceptors (Lipinski definition) is 3. The van der Waals surface area contributed by atoms with Gasteiger partial charge >= 0.3 is 0 Å². The Morgan fingerprint density at radius 1 is 1.46 bits per heavy atom. The maximum Gasteiger partial charge on any atom is 0.269 e. The lowest BCUT2D eigenvalue weighted by molar-refractivity contribution is -0.384. The second-order valence-corrected chi connectivity index (χ2v) is 2.85. The van der Waals surface area contributed by atoms with Crippen LogP contribution in [0.3, 0.4) is 0 Å². The number of non-ortho nitro benzene ring substituents is 1. The van der Waals surface area contributed by atoms with Crippen LogP contribution in [0.5, 0.6) is 0 Å². The molecule has 0 aliphatic carbocycles. The summed E-state index contributed by atoms with van der Waals surface area (Å²) < 4.78 is 0. The fraction of sp³-hybridized carbons (Fsp3) is 0.111. The molecule has 0 saturated heterocycles. The molecule has 0 amide bonds. The summed E-state index contributed by atoms with van der Waals surface area (Å²) in [4.78, 5) is 10.1. The lowest BCUT2D eigenvalue weighted by atomic mass is 10.1. The van der Waals surface area contributed by atoms with Crippen molar-refractivity contribution >= 4 is 11.4 Å². The van der Waals surface area contributed by atoms with Crippen LogP contribution in [0.15, 0.2) is 30.5 Å². The monoisotopic (exact) mass is 176 g/mol. The molecule has 0 unspecified atom stereocenters. The number of nitrogens with one attached hydrogen (secondary N) is 1. The van der Waals surface area contributed by atoms with Gasteiger partial charge in [-0.1, -0.05) is 6.08 Å². The Kier molecular flexibility index (Phi) is 1.73. The van der Waals surface area contributed by atoms with Crippen molar-refractivity contribution in [3.8, 4) is 0 Å². The SMILES string of the molecule is O=[N+]([O-])c1ccc2c(c1)CC=CN2. The van der Waals surface area contributed by atoms with E-state index in [4.69, 9.17) is 0 Å². The van der Waals surface area contributed by atoms with Gasteiger partial charge in [-0.2, -0.15) is 0 Å². The Morgan fingerprint density at radius 2 is 2.31 bits per heavy atom. The summed E-state index contributed by atoms with van der Waals surface area (Å²) in [5.74, 6) is 0. The maximum atomic E-state index is 10.5. The van der Waals surface area contributed by atoms with Crippen LogP contribution in [0, 0.1) is 10.1 Å². The summed E-state index contributed by atoms with van der Waals surface area (Å²) in [6, 6.07) is 4.84. The third-order valence-corrected chi connectivity index (χ3v) is 1.99. The Balaban J connectivity index is 2.44. The topological polar surface area (TPSA) is 55.2 Å². The third-order valence-electron chi connectivity index (χ3n) is 1.99. The first-order valence-corrected chi connectivity index (χ1v) is 3.96. The van der Waals surface area contributed by atoms with Crippen molar-refractivity contribution < 1.29 is 4.92 Å². The molecule has 13 heavy (non-hydrogen) atoms. The van der Waals surface area contributed by atoms with E-state index in [0.717, 1.165) is 17.7 Å². The molecule has 1 heterocycles. The van der Waals surface area contributed by atoms with Crippen molar-refractivity contribution in [1.29, 1.82) is 0 Å². The van der Waals surface area contributed by atoms with E-state index in [1.165, 1.54) is 6.07 Å². The molecule has 0 radical (unpaired) electrons. The summed E-state index contributed by atoms with van der Waals surface area (Å²) in [6.45, 7) is 0. The maximum absolute atomic E-state index is 10.5. The molecule has 0 spiro atoms. The minimum Gasteiger partial charge on any atom is -0.362 e. The number of allylic oxidation sites excluding steroid dienone is 1. The van der Waals surface area contributed by atoms with Gasteiger partial charge in [0.15, 0.2) is 0 Å². The van der Waals surface area contributed by atoms with E-state index >= 15 is 0 Å². The zero-order valence-electron chi connectivity index (χ0n) is 6.86. The predicted molar refractivity (Wildman–Crippen MR) is 49.6 cm³/mol. The van der Waals surface area contributed by atoms with Gasteiger partial charge in [0.25, 0.3) is 5.69 Å². The Hall–Kier alpha value is -1.84. The molecule has 0 aromatic heterocycles. The molecule has 1 N–H and O–H groups in total. The second-order valence-electron chi connectivity index (χ2n) is 2.85. The van der Waals surface area contributed by atoms with Crippen LogP contribution in [0.1, 0.15) is 5.56 Å². The van der Waals surface area contributed by atoms with Crippen LogP contribution in [0.2, 0.25) is 0 Å². The second kappa shape index (κ2) is 2.90. The summed E-state index contributed by atoms with van der Waals surface area (Å²) in [6.07, 6.45) is 4.53. The van der Waals surface area contributed by atoms with Gasteiger partial charge in [-0.15, -0.1) is 0 Å². The third kappa shape index (κ3) is 1.38. The van der Waals surface area contributed by atoms with Crippen LogP contribution < -0.4 is 5.32 Å². The summed E-state index contributed by atoms with van der Waals surface area (Å²) in [5.41, 5.74) is 2.07. The normalized spacial score (nSPS) is 13.2. The smallest absolute Gasteiger partial charge is 0.269 e. The first kappa shape index (κ1) is 7.79. The zero-order valence-corrected chi connectivity index (χ0v) is 6.86. The standard InChI is InChI=1S/C9H8N2O2/c12-11(13)8-3-4-9-7(6-8)2-1-5-10-9/h1,3-6,10H,2H2. The van der Waals surface area contributed by atoms with E-state index in [0.29, 0.717) is 0 Å². The van der Waals surface area contributed by atoms with Crippen molar-refractivity contribution in [2.45, 2.75) is 6.42 Å². The van der Waals surface area contributed by atoms with E-state index < -0.39 is 0 Å². The average molecular weight is 176 g/mol. The molecule has 2 rings (SSSR count). The lowest BCUT2D eigenvalue weighted by Crippen LogP contribution is -2.00. The van der Waals surface area contributed by atoms with Crippen LogP contribution in [0.4, 0.5) is 11.4 Å². The number of fused-ring (bicyclic) bond motifs is 1. The first-order valence-electron chi connectivity index (χ1n) is 3.96. The fourth-order valence-corrected chi connectivity index (χ4v) is 1.34. The van der Waals surface area contributed by atoms with E-state index in [1.54, 1.807) is 12.1 Å². The molecule has 0 bridgehead atoms. The Morgan fingerprint density at radius 3 is 3.08 bits per heavy atom. The number of nitro benzene ring substituents is 1. The minimum absolute atomic E-state index is 0.149. The highest BCUT2D eigenvalue weighted by Gasteiger charge is 2.10. The number of nitrogens with zero attached hydrogens (tertiary/aromatic N) is 1. The van der Waals surface area contributed by atoms with Crippen LogP contribution in [0.25, 0.3) is 0 Å². The first-order chi connectivity index (χ1) is 6.27. The Bertz CT molecular complexity index is 385. The quantitative estimate of drug-likeness (QED) is 0.526. The van der Waals surface area contributed by atoms with E-state index in [1.807, 2.05) is 12.3 Å².